The van der Waals surface area contributed by atoms with Crippen molar-refractivity contribution >= 4 is 17.8 Å². The molecule has 7 nitrogen and oxygen atoms in total. The Morgan fingerprint density at radius 1 is 1.30 bits per heavy atom. The second-order valence-electron chi connectivity index (χ2n) is 7.04. The van der Waals surface area contributed by atoms with Gasteiger partial charge in [0.25, 0.3) is 5.91 Å². The zero-order chi connectivity index (χ0) is 16.4. The zero-order valence-corrected chi connectivity index (χ0v) is 13.7. The second kappa shape index (κ2) is 6.47. The van der Waals surface area contributed by atoms with Gasteiger partial charge in [-0.2, -0.15) is 0 Å². The molecule has 4 amide bonds. The molecule has 0 bridgehead atoms. The summed E-state index contributed by atoms with van der Waals surface area (Å²) in [5.41, 5.74) is -0.789. The van der Waals surface area contributed by atoms with Gasteiger partial charge in [0, 0.05) is 12.6 Å². The Balaban J connectivity index is 1.58. The van der Waals surface area contributed by atoms with E-state index in [1.54, 1.807) is 0 Å². The van der Waals surface area contributed by atoms with Crippen molar-refractivity contribution in [2.24, 2.45) is 5.92 Å². The first-order chi connectivity index (χ1) is 11.0. The van der Waals surface area contributed by atoms with Crippen LogP contribution in [0.2, 0.25) is 0 Å². The van der Waals surface area contributed by atoms with Crippen molar-refractivity contribution in [2.45, 2.75) is 57.0 Å². The summed E-state index contributed by atoms with van der Waals surface area (Å²) in [7, 11) is 0. The molecule has 3 atom stereocenters. The van der Waals surface area contributed by atoms with Crippen LogP contribution in [0, 0.1) is 5.92 Å². The van der Waals surface area contributed by atoms with E-state index in [1.165, 1.54) is 0 Å². The number of nitrogens with one attached hydrogen (secondary N) is 3. The number of rotatable bonds is 4. The van der Waals surface area contributed by atoms with Crippen LogP contribution in [0.15, 0.2) is 0 Å². The van der Waals surface area contributed by atoms with Gasteiger partial charge in [-0.1, -0.05) is 19.8 Å². The lowest BCUT2D eigenvalue weighted by Crippen LogP contribution is -2.54. The summed E-state index contributed by atoms with van der Waals surface area (Å²) in [6.45, 7) is 3.34. The molecule has 0 aromatic heterocycles. The van der Waals surface area contributed by atoms with Gasteiger partial charge in [-0.05, 0) is 38.1 Å². The molecule has 1 saturated carbocycles. The van der Waals surface area contributed by atoms with Gasteiger partial charge < -0.3 is 16.0 Å². The van der Waals surface area contributed by atoms with E-state index in [4.69, 9.17) is 0 Å². The summed E-state index contributed by atoms with van der Waals surface area (Å²) in [6.07, 6.45) is 5.78. The van der Waals surface area contributed by atoms with E-state index in [2.05, 4.69) is 16.0 Å². The maximum Gasteiger partial charge on any atom is 0.325 e. The quantitative estimate of drug-likeness (QED) is 0.652. The highest BCUT2D eigenvalue weighted by molar-refractivity contribution is 6.09. The van der Waals surface area contributed by atoms with E-state index in [0.29, 0.717) is 19.0 Å². The van der Waals surface area contributed by atoms with Gasteiger partial charge in [0.05, 0.1) is 0 Å². The highest BCUT2D eigenvalue weighted by Crippen LogP contribution is 2.38. The van der Waals surface area contributed by atoms with Gasteiger partial charge in [-0.3, -0.25) is 14.5 Å². The van der Waals surface area contributed by atoms with E-state index in [1.807, 2.05) is 6.92 Å². The molecule has 2 saturated heterocycles. The first-order valence-electron chi connectivity index (χ1n) is 8.67. The van der Waals surface area contributed by atoms with Crippen molar-refractivity contribution in [3.8, 4) is 0 Å². The maximum absolute atomic E-state index is 12.7. The molecule has 0 radical (unpaired) electrons. The molecule has 7 heteroatoms. The normalized spacial score (nSPS) is 34.0. The molecule has 1 aliphatic carbocycles. The van der Waals surface area contributed by atoms with Crippen molar-refractivity contribution in [2.75, 3.05) is 19.6 Å². The molecule has 0 aromatic carbocycles. The first-order valence-corrected chi connectivity index (χ1v) is 8.67. The maximum atomic E-state index is 12.7. The van der Waals surface area contributed by atoms with Crippen LogP contribution in [-0.4, -0.2) is 54.0 Å². The van der Waals surface area contributed by atoms with Crippen LogP contribution in [0.3, 0.4) is 0 Å². The minimum atomic E-state index is -0.789. The average molecular weight is 322 g/mol. The molecule has 3 aliphatic rings. The van der Waals surface area contributed by atoms with E-state index in [0.717, 1.165) is 43.5 Å². The first kappa shape index (κ1) is 16.2. The topological polar surface area (TPSA) is 90.5 Å². The van der Waals surface area contributed by atoms with Crippen LogP contribution in [0.25, 0.3) is 0 Å². The second-order valence-corrected chi connectivity index (χ2v) is 7.04. The van der Waals surface area contributed by atoms with E-state index in [-0.39, 0.29) is 24.3 Å². The minimum Gasteiger partial charge on any atom is -0.353 e. The molecule has 3 fully saturated rings. The summed E-state index contributed by atoms with van der Waals surface area (Å²) in [4.78, 5) is 38.1. The Morgan fingerprint density at radius 3 is 2.83 bits per heavy atom. The average Bonchev–Trinajstić information content (AvgIpc) is 3.12. The Kier molecular flexibility index (Phi) is 4.57. The largest absolute Gasteiger partial charge is 0.353 e. The Labute approximate surface area is 136 Å². The fourth-order valence-electron chi connectivity index (χ4n) is 4.01. The lowest BCUT2D eigenvalue weighted by molar-refractivity contribution is -0.137. The molecule has 2 aliphatic heterocycles. The smallest absolute Gasteiger partial charge is 0.325 e. The fraction of sp³-hybridized carbons (Fsp3) is 0.812. The number of carbonyl (C=O) groups is 3. The van der Waals surface area contributed by atoms with Crippen molar-refractivity contribution in [3.63, 3.8) is 0 Å². The molecule has 1 spiro atoms. The molecule has 128 valence electrons. The molecule has 3 rings (SSSR count). The summed E-state index contributed by atoms with van der Waals surface area (Å²) in [5.74, 6) is -0.394. The van der Waals surface area contributed by atoms with Gasteiger partial charge in [-0.25, -0.2) is 4.79 Å². The predicted octanol–water partition coefficient (Wildman–Crippen LogP) is 0.355. The van der Waals surface area contributed by atoms with E-state index in [9.17, 15) is 14.4 Å². The number of imide groups is 1. The third kappa shape index (κ3) is 3.06. The summed E-state index contributed by atoms with van der Waals surface area (Å²) in [5, 5.41) is 8.99. The number of hydrogen-bond donors (Lipinski definition) is 3. The highest BCUT2D eigenvalue weighted by atomic mass is 16.2. The van der Waals surface area contributed by atoms with Gasteiger partial charge >= 0.3 is 6.03 Å². The van der Waals surface area contributed by atoms with Gasteiger partial charge in [0.15, 0.2) is 0 Å². The van der Waals surface area contributed by atoms with Crippen molar-refractivity contribution in [1.82, 2.24) is 20.9 Å². The van der Waals surface area contributed by atoms with E-state index < -0.39 is 11.6 Å². The molecular weight excluding hydrogens is 296 g/mol. The van der Waals surface area contributed by atoms with Crippen molar-refractivity contribution in [1.29, 1.82) is 0 Å². The van der Waals surface area contributed by atoms with Gasteiger partial charge in [-0.15, -0.1) is 0 Å². The highest BCUT2D eigenvalue weighted by Gasteiger charge is 2.55. The lowest BCUT2D eigenvalue weighted by Gasteiger charge is -2.36. The van der Waals surface area contributed by atoms with Gasteiger partial charge in [0.2, 0.25) is 5.91 Å². The Morgan fingerprint density at radius 2 is 2.13 bits per heavy atom. The molecule has 0 aromatic rings. The molecule has 23 heavy (non-hydrogen) atoms. The lowest BCUT2D eigenvalue weighted by atomic mass is 9.73. The summed E-state index contributed by atoms with van der Waals surface area (Å²) >= 11 is 0. The van der Waals surface area contributed by atoms with Crippen LogP contribution in [0.1, 0.15) is 45.4 Å². The monoisotopic (exact) mass is 322 g/mol. The SMILES string of the molecule is CC1CCCCC12NC(=O)N(CC(=O)NCC1CCCN1)C2=O. The molecule has 3 N–H and O–H groups in total. The van der Waals surface area contributed by atoms with Crippen LogP contribution in [0.4, 0.5) is 4.79 Å². The van der Waals surface area contributed by atoms with Crippen LogP contribution >= 0.6 is 0 Å². The van der Waals surface area contributed by atoms with Crippen LogP contribution < -0.4 is 16.0 Å². The third-order valence-electron chi connectivity index (χ3n) is 5.51. The standard InChI is InChI=1S/C16H26N4O3/c1-11-5-2-3-7-16(11)14(22)20(15(23)19-16)10-13(21)18-9-12-6-4-8-17-12/h11-12,17H,2-10H2,1H3,(H,18,21)(H,19,23). The fourth-order valence-corrected chi connectivity index (χ4v) is 4.01. The van der Waals surface area contributed by atoms with Crippen molar-refractivity contribution in [3.05, 3.63) is 0 Å². The Hall–Kier alpha value is -1.63. The van der Waals surface area contributed by atoms with Crippen LogP contribution in [0.5, 0.6) is 0 Å². The van der Waals surface area contributed by atoms with Crippen LogP contribution in [-0.2, 0) is 9.59 Å². The number of urea groups is 1. The summed E-state index contributed by atoms with van der Waals surface area (Å²) < 4.78 is 0. The third-order valence-corrected chi connectivity index (χ3v) is 5.51. The molecular formula is C16H26N4O3. The predicted molar refractivity (Wildman–Crippen MR) is 84.6 cm³/mol. The minimum absolute atomic E-state index is 0.114. The summed E-state index contributed by atoms with van der Waals surface area (Å²) in [6, 6.07) is -0.135. The van der Waals surface area contributed by atoms with Gasteiger partial charge in [0.1, 0.15) is 12.1 Å². The number of nitrogens with zero attached hydrogens (tertiary/aromatic N) is 1. The number of hydrogen-bond acceptors (Lipinski definition) is 4. The Bertz CT molecular complexity index is 504. The molecule has 2 heterocycles. The number of carbonyl (C=O) groups excluding carboxylic acids is 3. The van der Waals surface area contributed by atoms with E-state index >= 15 is 0 Å². The van der Waals surface area contributed by atoms with Crippen molar-refractivity contribution < 1.29 is 14.4 Å². The zero-order valence-electron chi connectivity index (χ0n) is 13.7. The molecule has 3 unspecified atom stereocenters. The number of amides is 4.